The third-order valence-corrected chi connectivity index (χ3v) is 2.89. The van der Waals surface area contributed by atoms with Gasteiger partial charge in [-0.05, 0) is 6.92 Å². The molecule has 0 rings (SSSR count). The molecule has 0 spiro atoms. The largest absolute Gasteiger partial charge is 0.368 e. The van der Waals surface area contributed by atoms with Gasteiger partial charge in [0, 0.05) is 0 Å². The van der Waals surface area contributed by atoms with Crippen LogP contribution in [0.25, 0.3) is 0 Å². The molecule has 26 heavy (non-hydrogen) atoms. The van der Waals surface area contributed by atoms with Crippen molar-refractivity contribution >= 4 is 20.2 Å². The molecule has 0 aromatic carbocycles. The molecule has 0 atom stereocenters. The smallest absolute Gasteiger partial charge is 0.323 e. The van der Waals surface area contributed by atoms with E-state index in [1.807, 2.05) is 0 Å². The van der Waals surface area contributed by atoms with Crippen molar-refractivity contribution in [2.75, 3.05) is 11.5 Å². The zero-order valence-corrected chi connectivity index (χ0v) is 14.0. The molecule has 0 saturated heterocycles. The Morgan fingerprint density at radius 3 is 0.923 bits per heavy atom. The first kappa shape index (κ1) is 29.9. The highest BCUT2D eigenvalue weighted by Gasteiger charge is 2.45. The third-order valence-electron chi connectivity index (χ3n) is 1.39. The summed E-state index contributed by atoms with van der Waals surface area (Å²) in [5, 5.41) is 15.2. The normalized spacial score (nSPS) is 13.2. The lowest BCUT2D eigenvalue weighted by Gasteiger charge is -2.11. The molecule has 0 heterocycles. The standard InChI is InChI=1S/2C3H4F4O3S.C2H6O2/c2*4-2(5)3(6,7)1-11(8,9)10;1-2(3)4/h2*2H,1H2,(H,8,9,10);2-4H,1H3. The molecule has 0 aliphatic carbocycles. The number of rotatable bonds is 6. The van der Waals surface area contributed by atoms with E-state index >= 15 is 0 Å². The Balaban J connectivity index is -0.000000338. The fourth-order valence-corrected chi connectivity index (χ4v) is 1.84. The molecule has 0 aromatic rings. The fraction of sp³-hybridized carbons (Fsp3) is 1.00. The van der Waals surface area contributed by atoms with E-state index in [1.165, 1.54) is 6.92 Å². The SMILES string of the molecule is CC(O)O.O=S(=O)(O)CC(F)(F)C(F)F.O=S(=O)(O)CC(F)(F)C(F)F. The topological polar surface area (TPSA) is 149 Å². The van der Waals surface area contributed by atoms with Gasteiger partial charge in [0.25, 0.3) is 20.2 Å². The van der Waals surface area contributed by atoms with Gasteiger partial charge in [0.1, 0.15) is 17.8 Å². The highest BCUT2D eigenvalue weighted by Crippen LogP contribution is 2.24. The second-order valence-corrected chi connectivity index (χ2v) is 7.11. The van der Waals surface area contributed by atoms with Crippen LogP contribution >= 0.6 is 0 Å². The minimum Gasteiger partial charge on any atom is -0.368 e. The van der Waals surface area contributed by atoms with Crippen LogP contribution in [-0.4, -0.2) is 78.6 Å². The van der Waals surface area contributed by atoms with Crippen molar-refractivity contribution in [2.45, 2.75) is 37.9 Å². The van der Waals surface area contributed by atoms with Gasteiger partial charge in [0.2, 0.25) is 0 Å². The number of alkyl halides is 8. The lowest BCUT2D eigenvalue weighted by Crippen LogP contribution is -2.34. The molecule has 0 saturated carbocycles. The number of halogens is 8. The van der Waals surface area contributed by atoms with Crippen molar-refractivity contribution in [1.29, 1.82) is 0 Å². The van der Waals surface area contributed by atoms with Gasteiger partial charge in [0.05, 0.1) is 0 Å². The second-order valence-electron chi connectivity index (χ2n) is 4.21. The summed E-state index contributed by atoms with van der Waals surface area (Å²) in [5.41, 5.74) is 0. The quantitative estimate of drug-likeness (QED) is 0.262. The summed E-state index contributed by atoms with van der Waals surface area (Å²) in [6, 6.07) is 0. The molecule has 0 aliphatic heterocycles. The molecule has 0 aromatic heterocycles. The maximum Gasteiger partial charge on any atom is 0.323 e. The van der Waals surface area contributed by atoms with Crippen LogP contribution in [0, 0.1) is 0 Å². The van der Waals surface area contributed by atoms with Crippen molar-refractivity contribution in [3.63, 3.8) is 0 Å². The van der Waals surface area contributed by atoms with Crippen molar-refractivity contribution in [3.05, 3.63) is 0 Å². The van der Waals surface area contributed by atoms with Gasteiger partial charge in [-0.1, -0.05) is 0 Å². The van der Waals surface area contributed by atoms with E-state index in [9.17, 15) is 52.0 Å². The van der Waals surface area contributed by atoms with Crippen LogP contribution in [-0.2, 0) is 20.2 Å². The molecular weight excluding hydrogens is 440 g/mol. The Hall–Kier alpha value is -0.820. The van der Waals surface area contributed by atoms with Gasteiger partial charge in [-0.2, -0.15) is 34.4 Å². The first-order chi connectivity index (χ1) is 11.0. The van der Waals surface area contributed by atoms with Crippen molar-refractivity contribution < 1.29 is 71.3 Å². The Morgan fingerprint density at radius 1 is 0.731 bits per heavy atom. The molecule has 0 aliphatic rings. The maximum absolute atomic E-state index is 11.8. The minimum absolute atomic E-state index is 1.17. The summed E-state index contributed by atoms with van der Waals surface area (Å²) in [5.74, 6) is -13.9. The van der Waals surface area contributed by atoms with E-state index in [2.05, 4.69) is 0 Å². The van der Waals surface area contributed by atoms with Gasteiger partial charge in [-0.15, -0.1) is 0 Å². The van der Waals surface area contributed by atoms with Gasteiger partial charge in [0.15, 0.2) is 0 Å². The van der Waals surface area contributed by atoms with Crippen LogP contribution < -0.4 is 0 Å². The molecule has 0 radical (unpaired) electrons. The average Bonchev–Trinajstić information content (AvgIpc) is 2.21. The third kappa shape index (κ3) is 21.2. The van der Waals surface area contributed by atoms with E-state index in [1.54, 1.807) is 0 Å². The highest BCUT2D eigenvalue weighted by molar-refractivity contribution is 7.86. The van der Waals surface area contributed by atoms with Crippen LogP contribution in [0.4, 0.5) is 35.1 Å². The van der Waals surface area contributed by atoms with Gasteiger partial charge < -0.3 is 10.2 Å². The van der Waals surface area contributed by atoms with E-state index in [0.29, 0.717) is 0 Å². The molecule has 0 amide bonds. The molecule has 4 N–H and O–H groups in total. The maximum atomic E-state index is 11.8. The van der Waals surface area contributed by atoms with E-state index in [4.69, 9.17) is 19.3 Å². The van der Waals surface area contributed by atoms with E-state index in [-0.39, 0.29) is 0 Å². The predicted octanol–water partition coefficient (Wildman–Crippen LogP) is 0.866. The van der Waals surface area contributed by atoms with Gasteiger partial charge in [-0.3, -0.25) is 9.11 Å². The summed E-state index contributed by atoms with van der Waals surface area (Å²) >= 11 is 0. The van der Waals surface area contributed by atoms with E-state index in [0.717, 1.165) is 0 Å². The number of hydrogen-bond donors (Lipinski definition) is 4. The first-order valence-electron chi connectivity index (χ1n) is 5.62. The Kier molecular flexibility index (Phi) is 12.8. The molecule has 162 valence electrons. The summed E-state index contributed by atoms with van der Waals surface area (Å²) in [4.78, 5) is 0. The van der Waals surface area contributed by atoms with Gasteiger partial charge >= 0.3 is 24.7 Å². The summed E-state index contributed by atoms with van der Waals surface area (Å²) in [6.07, 6.45) is -9.35. The fourth-order valence-electron chi connectivity index (χ4n) is 0.612. The predicted molar refractivity (Wildman–Crippen MR) is 68.6 cm³/mol. The van der Waals surface area contributed by atoms with Crippen molar-refractivity contribution in [1.82, 2.24) is 0 Å². The van der Waals surface area contributed by atoms with E-state index < -0.39 is 62.7 Å². The number of hydrogen-bond acceptors (Lipinski definition) is 6. The summed E-state index contributed by atoms with van der Waals surface area (Å²) in [6.45, 7) is 1.28. The average molecular weight is 454 g/mol. The Morgan fingerprint density at radius 2 is 0.885 bits per heavy atom. The summed E-state index contributed by atoms with van der Waals surface area (Å²) in [7, 11) is -10.1. The number of aliphatic hydroxyl groups excluding tert-OH is 1. The van der Waals surface area contributed by atoms with Crippen LogP contribution in [0.3, 0.4) is 0 Å². The molecule has 18 heteroatoms. The first-order valence-corrected chi connectivity index (χ1v) is 8.83. The molecule has 0 bridgehead atoms. The monoisotopic (exact) mass is 454 g/mol. The van der Waals surface area contributed by atoms with Crippen molar-refractivity contribution in [3.8, 4) is 0 Å². The van der Waals surface area contributed by atoms with Crippen LogP contribution in [0.5, 0.6) is 0 Å². The lowest BCUT2D eigenvalue weighted by molar-refractivity contribution is -0.111. The van der Waals surface area contributed by atoms with Crippen LogP contribution in [0.2, 0.25) is 0 Å². The number of aliphatic hydroxyl groups is 2. The molecular formula is C8H14F8O8S2. The molecule has 8 nitrogen and oxygen atoms in total. The lowest BCUT2D eigenvalue weighted by atomic mass is 10.4. The molecule has 0 fully saturated rings. The van der Waals surface area contributed by atoms with Crippen LogP contribution in [0.15, 0.2) is 0 Å². The van der Waals surface area contributed by atoms with Crippen molar-refractivity contribution in [2.24, 2.45) is 0 Å². The Labute approximate surface area is 141 Å². The Bertz CT molecular complexity index is 537. The zero-order valence-electron chi connectivity index (χ0n) is 12.4. The molecule has 0 unspecified atom stereocenters. The minimum atomic E-state index is -5.06. The highest BCUT2D eigenvalue weighted by atomic mass is 32.2. The zero-order chi connectivity index (χ0) is 22.1. The van der Waals surface area contributed by atoms with Crippen LogP contribution in [0.1, 0.15) is 6.92 Å². The summed E-state index contributed by atoms with van der Waals surface area (Å²) < 4.78 is 146. The van der Waals surface area contributed by atoms with Gasteiger partial charge in [-0.25, -0.2) is 17.6 Å². The second kappa shape index (κ2) is 11.1.